The molecule has 0 aliphatic heterocycles. The van der Waals surface area contributed by atoms with E-state index >= 15 is 0 Å². The summed E-state index contributed by atoms with van der Waals surface area (Å²) in [5.74, 6) is -0.213. The molecule has 0 aliphatic rings. The third kappa shape index (κ3) is 3.15. The maximum absolute atomic E-state index is 11.4. The molecule has 4 aromatic rings. The van der Waals surface area contributed by atoms with Crippen molar-refractivity contribution in [1.82, 2.24) is 14.8 Å². The van der Waals surface area contributed by atoms with E-state index in [0.717, 1.165) is 39.6 Å². The largest absolute Gasteiger partial charge is 0.496 e. The Morgan fingerprint density at radius 1 is 1.28 bits per heavy atom. The topological polar surface area (TPSA) is 101 Å². The minimum atomic E-state index is -0.982. The molecule has 4 rings (SSSR count). The lowest BCUT2D eigenvalue weighted by molar-refractivity contribution is -0.137. The monoisotopic (exact) mass is 386 g/mol. The summed E-state index contributed by atoms with van der Waals surface area (Å²) in [5.41, 5.74) is 4.44. The lowest BCUT2D eigenvalue weighted by atomic mass is 10.0. The first-order valence-electron chi connectivity index (χ1n) is 9.14. The zero-order valence-corrected chi connectivity index (χ0v) is 16.0. The summed E-state index contributed by atoms with van der Waals surface area (Å²) in [6.07, 6.45) is 2.43. The van der Waals surface area contributed by atoms with Gasteiger partial charge in [0.15, 0.2) is 0 Å². The molecule has 0 atom stereocenters. The van der Waals surface area contributed by atoms with Gasteiger partial charge >= 0.3 is 5.97 Å². The number of carboxylic acids is 1. The van der Waals surface area contributed by atoms with Crippen LogP contribution >= 0.6 is 0 Å². The Kier molecular flexibility index (Phi) is 4.61. The Balaban J connectivity index is 2.08. The highest BCUT2D eigenvalue weighted by Crippen LogP contribution is 2.36. The summed E-state index contributed by atoms with van der Waals surface area (Å²) >= 11 is 0. The Labute approximate surface area is 166 Å². The summed E-state index contributed by atoms with van der Waals surface area (Å²) in [5, 5.41) is 24.7. The fourth-order valence-electron chi connectivity index (χ4n) is 3.54. The fraction of sp³-hybridized carbons (Fsp3) is 0.182. The van der Waals surface area contributed by atoms with Crippen LogP contribution in [0.5, 0.6) is 5.75 Å². The number of ether oxygens (including phenoxy) is 1. The fourth-order valence-corrected chi connectivity index (χ4v) is 3.54. The number of rotatable bonds is 5. The van der Waals surface area contributed by atoms with E-state index in [1.165, 1.54) is 4.68 Å². The number of hydrogen-bond donors (Lipinski definition) is 1. The molecule has 29 heavy (non-hydrogen) atoms. The van der Waals surface area contributed by atoms with Gasteiger partial charge in [-0.15, -0.1) is 0 Å². The normalized spacial score (nSPS) is 10.9. The highest BCUT2D eigenvalue weighted by molar-refractivity contribution is 6.11. The second-order valence-corrected chi connectivity index (χ2v) is 6.64. The lowest BCUT2D eigenvalue weighted by Crippen LogP contribution is -2.10. The standard InChI is InChI=1S/C22H18N4O3/c1-3-14-8-16-17(9-19(14)29-2)24-11-18-21(16)22(25-26(18)12-20(27)28)15-6-4-13(10-23)5-7-15/h4-9,11H,3,12H2,1-2H3,(H,27,28). The maximum atomic E-state index is 11.4. The van der Waals surface area contributed by atoms with Crippen LogP contribution in [0.2, 0.25) is 0 Å². The van der Waals surface area contributed by atoms with Crippen LogP contribution in [0.1, 0.15) is 18.1 Å². The molecule has 0 amide bonds. The third-order valence-electron chi connectivity index (χ3n) is 4.94. The van der Waals surface area contributed by atoms with E-state index in [1.54, 1.807) is 25.4 Å². The molecule has 1 N–H and O–H groups in total. The summed E-state index contributed by atoms with van der Waals surface area (Å²) in [6, 6.07) is 13.1. The van der Waals surface area contributed by atoms with Gasteiger partial charge in [-0.05, 0) is 30.2 Å². The molecule has 7 heteroatoms. The van der Waals surface area contributed by atoms with Gasteiger partial charge in [0.05, 0.1) is 36.0 Å². The zero-order valence-electron chi connectivity index (χ0n) is 16.0. The quantitative estimate of drug-likeness (QED) is 0.560. The van der Waals surface area contributed by atoms with Gasteiger partial charge < -0.3 is 9.84 Å². The smallest absolute Gasteiger partial charge is 0.325 e. The van der Waals surface area contributed by atoms with Crippen LogP contribution in [0.3, 0.4) is 0 Å². The molecule has 0 saturated carbocycles. The highest BCUT2D eigenvalue weighted by Gasteiger charge is 2.19. The van der Waals surface area contributed by atoms with Gasteiger partial charge in [-0.3, -0.25) is 14.5 Å². The van der Waals surface area contributed by atoms with Crippen LogP contribution < -0.4 is 4.74 Å². The molecule has 7 nitrogen and oxygen atoms in total. The lowest BCUT2D eigenvalue weighted by Gasteiger charge is -2.10. The van der Waals surface area contributed by atoms with Gasteiger partial charge in [0.1, 0.15) is 18.0 Å². The second kappa shape index (κ2) is 7.24. The Bertz CT molecular complexity index is 1280. The van der Waals surface area contributed by atoms with Gasteiger partial charge in [-0.1, -0.05) is 19.1 Å². The van der Waals surface area contributed by atoms with Gasteiger partial charge in [0.2, 0.25) is 0 Å². The van der Waals surface area contributed by atoms with Crippen molar-refractivity contribution in [2.75, 3.05) is 7.11 Å². The predicted octanol–water partition coefficient (Wildman–Crippen LogP) is 3.78. The number of fused-ring (bicyclic) bond motifs is 3. The minimum Gasteiger partial charge on any atom is -0.496 e. The molecular formula is C22H18N4O3. The van der Waals surface area contributed by atoms with Crippen LogP contribution in [-0.4, -0.2) is 33.0 Å². The first-order valence-corrected chi connectivity index (χ1v) is 9.14. The summed E-state index contributed by atoms with van der Waals surface area (Å²) in [7, 11) is 1.63. The molecule has 2 aromatic heterocycles. The number of carboxylic acid groups (broad SMARTS) is 1. The summed E-state index contributed by atoms with van der Waals surface area (Å²) in [6.45, 7) is 1.78. The third-order valence-corrected chi connectivity index (χ3v) is 4.94. The van der Waals surface area contributed by atoms with Crippen molar-refractivity contribution in [3.05, 3.63) is 53.7 Å². The van der Waals surface area contributed by atoms with E-state index < -0.39 is 5.97 Å². The Hall–Kier alpha value is -3.92. The number of pyridine rings is 1. The average molecular weight is 386 g/mol. The summed E-state index contributed by atoms with van der Waals surface area (Å²) < 4.78 is 6.94. The van der Waals surface area contributed by atoms with Crippen molar-refractivity contribution in [2.24, 2.45) is 0 Å². The van der Waals surface area contributed by atoms with Crippen molar-refractivity contribution in [2.45, 2.75) is 19.9 Å². The average Bonchev–Trinajstić information content (AvgIpc) is 3.10. The molecule has 0 aliphatic carbocycles. The first-order chi connectivity index (χ1) is 14.0. The van der Waals surface area contributed by atoms with Crippen LogP contribution in [-0.2, 0) is 17.8 Å². The molecule has 0 fully saturated rings. The number of methoxy groups -OCH3 is 1. The zero-order chi connectivity index (χ0) is 20.5. The number of nitrogens with zero attached hydrogens (tertiary/aromatic N) is 4. The van der Waals surface area contributed by atoms with Crippen molar-refractivity contribution in [3.63, 3.8) is 0 Å². The van der Waals surface area contributed by atoms with E-state index in [9.17, 15) is 9.90 Å². The number of carbonyl (C=O) groups is 1. The van der Waals surface area contributed by atoms with Crippen molar-refractivity contribution in [1.29, 1.82) is 5.26 Å². The van der Waals surface area contributed by atoms with E-state index in [0.29, 0.717) is 16.8 Å². The number of nitriles is 1. The molecule has 144 valence electrons. The number of aromatic nitrogens is 3. The number of benzene rings is 2. The maximum Gasteiger partial charge on any atom is 0.325 e. The molecule has 2 heterocycles. The Morgan fingerprint density at radius 3 is 2.66 bits per heavy atom. The van der Waals surface area contributed by atoms with Gasteiger partial charge in [-0.2, -0.15) is 10.4 Å². The van der Waals surface area contributed by atoms with Crippen LogP contribution in [0.15, 0.2) is 42.6 Å². The van der Waals surface area contributed by atoms with E-state index in [2.05, 4.69) is 16.2 Å². The number of aliphatic carboxylic acids is 1. The van der Waals surface area contributed by atoms with Crippen molar-refractivity contribution in [3.8, 4) is 23.1 Å². The Morgan fingerprint density at radius 2 is 2.03 bits per heavy atom. The molecule has 0 bridgehead atoms. The second-order valence-electron chi connectivity index (χ2n) is 6.64. The van der Waals surface area contributed by atoms with Gasteiger partial charge in [0, 0.05) is 22.4 Å². The molecule has 0 spiro atoms. The van der Waals surface area contributed by atoms with E-state index in [4.69, 9.17) is 10.00 Å². The molecule has 0 unspecified atom stereocenters. The van der Waals surface area contributed by atoms with Crippen LogP contribution in [0.25, 0.3) is 33.1 Å². The number of hydrogen-bond acceptors (Lipinski definition) is 5. The van der Waals surface area contributed by atoms with Crippen LogP contribution in [0.4, 0.5) is 0 Å². The molecular weight excluding hydrogens is 368 g/mol. The van der Waals surface area contributed by atoms with Crippen molar-refractivity contribution >= 4 is 27.8 Å². The van der Waals surface area contributed by atoms with E-state index in [1.807, 2.05) is 31.2 Å². The minimum absolute atomic E-state index is 0.267. The van der Waals surface area contributed by atoms with Crippen LogP contribution in [0, 0.1) is 11.3 Å². The first kappa shape index (κ1) is 18.4. The molecule has 0 radical (unpaired) electrons. The number of aryl methyl sites for hydroxylation is 1. The molecule has 0 saturated heterocycles. The predicted molar refractivity (Wildman–Crippen MR) is 109 cm³/mol. The van der Waals surface area contributed by atoms with E-state index in [-0.39, 0.29) is 6.54 Å². The highest BCUT2D eigenvalue weighted by atomic mass is 16.5. The SMILES string of the molecule is CCc1cc2c(cc1OC)ncc1c2c(-c2ccc(C#N)cc2)nn1CC(=O)O. The summed E-state index contributed by atoms with van der Waals surface area (Å²) in [4.78, 5) is 15.9. The molecule has 2 aromatic carbocycles. The van der Waals surface area contributed by atoms with Gasteiger partial charge in [-0.25, -0.2) is 0 Å². The van der Waals surface area contributed by atoms with Gasteiger partial charge in [0.25, 0.3) is 0 Å². The van der Waals surface area contributed by atoms with Crippen molar-refractivity contribution < 1.29 is 14.6 Å².